The van der Waals surface area contributed by atoms with E-state index in [0.717, 1.165) is 37.5 Å². The number of carbonyl (C=O) groups is 1. The number of ether oxygens (including phenoxy) is 1. The number of quaternary nitrogens is 1. The van der Waals surface area contributed by atoms with Gasteiger partial charge in [-0.05, 0) is 48.5 Å². The van der Waals surface area contributed by atoms with Gasteiger partial charge in [-0.15, -0.1) is 0 Å². The molecule has 1 saturated heterocycles. The van der Waals surface area contributed by atoms with E-state index in [0.29, 0.717) is 13.1 Å². The highest BCUT2D eigenvalue weighted by Gasteiger charge is 2.25. The van der Waals surface area contributed by atoms with E-state index < -0.39 is 15.7 Å². The van der Waals surface area contributed by atoms with Gasteiger partial charge < -0.3 is 14.5 Å². The molecular weight excluding hydrogens is 395 g/mol. The molecule has 0 spiro atoms. The lowest BCUT2D eigenvalue weighted by atomic mass is 10.2. The summed E-state index contributed by atoms with van der Waals surface area (Å²) in [5.74, 6) is -0.0832. The molecule has 0 unspecified atom stereocenters. The zero-order chi connectivity index (χ0) is 20.9. The topological polar surface area (TPSA) is 68.1 Å². The Morgan fingerprint density at radius 1 is 1.07 bits per heavy atom. The first-order valence-corrected chi connectivity index (χ1v) is 11.3. The average molecular weight is 422 g/mol. The molecule has 0 aliphatic carbocycles. The Hall–Kier alpha value is -2.45. The third-order valence-corrected chi connectivity index (χ3v) is 6.93. The summed E-state index contributed by atoms with van der Waals surface area (Å²) in [5, 5.41) is 0. The van der Waals surface area contributed by atoms with Crippen LogP contribution in [0.5, 0.6) is 5.75 Å². The quantitative estimate of drug-likeness (QED) is 0.676. The molecule has 3 rings (SSSR count). The number of hydrogen-bond donors (Lipinski definition) is 1. The fourth-order valence-corrected chi connectivity index (χ4v) is 4.65. The normalized spacial score (nSPS) is 15.3. The molecule has 156 valence electrons. The number of halogens is 1. The summed E-state index contributed by atoms with van der Waals surface area (Å²) in [6.07, 6.45) is -0.0620. The van der Waals surface area contributed by atoms with Crippen molar-refractivity contribution in [2.45, 2.75) is 17.9 Å². The molecule has 1 aliphatic rings. The second-order valence-corrected chi connectivity index (χ2v) is 9.29. The third-order valence-electron chi connectivity index (χ3n) is 5.19. The maximum absolute atomic E-state index is 13.0. The van der Waals surface area contributed by atoms with Crippen molar-refractivity contribution in [3.05, 3.63) is 59.9 Å². The number of rotatable bonds is 7. The molecule has 1 heterocycles. The van der Waals surface area contributed by atoms with Crippen LogP contribution in [0.1, 0.15) is 12.0 Å². The molecule has 0 radical (unpaired) electrons. The Balaban J connectivity index is 1.46. The van der Waals surface area contributed by atoms with Crippen LogP contribution in [0.15, 0.2) is 53.4 Å². The Kier molecular flexibility index (Phi) is 6.87. The zero-order valence-corrected chi connectivity index (χ0v) is 17.3. The summed E-state index contributed by atoms with van der Waals surface area (Å²) >= 11 is 0. The number of hydrogen-bond acceptors (Lipinski definition) is 4. The van der Waals surface area contributed by atoms with E-state index in [1.165, 1.54) is 22.6 Å². The molecule has 1 amide bonds. The van der Waals surface area contributed by atoms with E-state index in [1.807, 2.05) is 24.3 Å². The monoisotopic (exact) mass is 421 g/mol. The minimum absolute atomic E-state index is 0.0421. The summed E-state index contributed by atoms with van der Waals surface area (Å²) in [7, 11) is -1.96. The highest BCUT2D eigenvalue weighted by molar-refractivity contribution is 7.91. The maximum Gasteiger partial charge on any atom is 0.224 e. The molecule has 29 heavy (non-hydrogen) atoms. The smallest absolute Gasteiger partial charge is 0.224 e. The van der Waals surface area contributed by atoms with Crippen molar-refractivity contribution in [3.8, 4) is 5.75 Å². The number of methoxy groups -OCH3 is 1. The maximum atomic E-state index is 13.0. The fraction of sp³-hybridized carbons (Fsp3) is 0.381. The highest BCUT2D eigenvalue weighted by Crippen LogP contribution is 2.14. The van der Waals surface area contributed by atoms with Crippen molar-refractivity contribution in [2.75, 3.05) is 39.0 Å². The SMILES string of the molecule is COc1ccc(C[NH+]2CCN(C(=O)CCS(=O)(=O)c3ccc(F)cc3)CC2)cc1. The van der Waals surface area contributed by atoms with Gasteiger partial charge in [-0.25, -0.2) is 12.8 Å². The van der Waals surface area contributed by atoms with Gasteiger partial charge in [0, 0.05) is 12.0 Å². The summed E-state index contributed by atoms with van der Waals surface area (Å²) in [6, 6.07) is 12.7. The number of carbonyl (C=O) groups excluding carboxylic acids is 1. The van der Waals surface area contributed by atoms with E-state index in [9.17, 15) is 17.6 Å². The van der Waals surface area contributed by atoms with Gasteiger partial charge in [0.25, 0.3) is 0 Å². The molecule has 6 nitrogen and oxygen atoms in total. The van der Waals surface area contributed by atoms with Crippen LogP contribution in [-0.4, -0.2) is 58.3 Å². The number of nitrogens with zero attached hydrogens (tertiary/aromatic N) is 1. The highest BCUT2D eigenvalue weighted by atomic mass is 32.2. The predicted molar refractivity (Wildman–Crippen MR) is 107 cm³/mol. The van der Waals surface area contributed by atoms with Gasteiger partial charge in [0.15, 0.2) is 9.84 Å². The van der Waals surface area contributed by atoms with Gasteiger partial charge in [-0.3, -0.25) is 4.79 Å². The summed E-state index contributed by atoms with van der Waals surface area (Å²) < 4.78 is 42.8. The van der Waals surface area contributed by atoms with E-state index >= 15 is 0 Å². The minimum atomic E-state index is -3.60. The van der Waals surface area contributed by atoms with E-state index in [-0.39, 0.29) is 23.0 Å². The number of piperazine rings is 1. The van der Waals surface area contributed by atoms with Crippen LogP contribution < -0.4 is 9.64 Å². The van der Waals surface area contributed by atoms with Crippen LogP contribution in [-0.2, 0) is 21.2 Å². The summed E-state index contributed by atoms with van der Waals surface area (Å²) in [6.45, 7) is 3.75. The molecule has 0 bridgehead atoms. The Labute approximate surface area is 170 Å². The summed E-state index contributed by atoms with van der Waals surface area (Å²) in [4.78, 5) is 15.6. The van der Waals surface area contributed by atoms with E-state index in [2.05, 4.69) is 0 Å². The molecule has 1 aliphatic heterocycles. The Morgan fingerprint density at radius 3 is 2.28 bits per heavy atom. The first-order valence-electron chi connectivity index (χ1n) is 9.60. The second-order valence-electron chi connectivity index (χ2n) is 7.18. The standard InChI is InChI=1S/C21H25FN2O4S/c1-28-19-6-2-17(3-7-19)16-23-11-13-24(14-12-23)21(25)10-15-29(26,27)20-8-4-18(22)5-9-20/h2-9H,10-16H2,1H3/p+1. The number of amides is 1. The van der Waals surface area contributed by atoms with E-state index in [1.54, 1.807) is 12.0 Å². The Bertz CT molecular complexity index is 922. The van der Waals surface area contributed by atoms with Gasteiger partial charge in [0.1, 0.15) is 18.1 Å². The number of benzene rings is 2. The lowest BCUT2D eigenvalue weighted by Crippen LogP contribution is -3.13. The second kappa shape index (κ2) is 9.37. The molecule has 1 fully saturated rings. The summed E-state index contributed by atoms with van der Waals surface area (Å²) in [5.41, 5.74) is 1.21. The lowest BCUT2D eigenvalue weighted by Gasteiger charge is -2.32. The molecular formula is C21H26FN2O4S+. The average Bonchev–Trinajstić information content (AvgIpc) is 2.73. The minimum Gasteiger partial charge on any atom is -0.497 e. The zero-order valence-electron chi connectivity index (χ0n) is 16.4. The van der Waals surface area contributed by atoms with Crippen molar-refractivity contribution in [3.63, 3.8) is 0 Å². The number of nitrogens with one attached hydrogen (secondary N) is 1. The van der Waals surface area contributed by atoms with Crippen LogP contribution in [0.25, 0.3) is 0 Å². The largest absolute Gasteiger partial charge is 0.497 e. The molecule has 8 heteroatoms. The molecule has 0 saturated carbocycles. The first-order chi connectivity index (χ1) is 13.9. The predicted octanol–water partition coefficient (Wildman–Crippen LogP) is 0.925. The first kappa shape index (κ1) is 21.3. The Morgan fingerprint density at radius 2 is 1.69 bits per heavy atom. The third kappa shape index (κ3) is 5.77. The van der Waals surface area contributed by atoms with Crippen LogP contribution >= 0.6 is 0 Å². The fourth-order valence-electron chi connectivity index (χ4n) is 3.42. The molecule has 0 aromatic heterocycles. The van der Waals surface area contributed by atoms with Gasteiger partial charge in [0.05, 0.1) is 43.9 Å². The van der Waals surface area contributed by atoms with Crippen molar-refractivity contribution < 1.29 is 27.2 Å². The van der Waals surface area contributed by atoms with Crippen molar-refractivity contribution in [2.24, 2.45) is 0 Å². The van der Waals surface area contributed by atoms with Gasteiger partial charge in [-0.1, -0.05) is 0 Å². The van der Waals surface area contributed by atoms with Crippen molar-refractivity contribution in [1.82, 2.24) is 4.90 Å². The molecule has 0 atom stereocenters. The molecule has 2 aromatic rings. The van der Waals surface area contributed by atoms with Crippen LogP contribution in [0, 0.1) is 5.82 Å². The van der Waals surface area contributed by atoms with Crippen molar-refractivity contribution in [1.29, 1.82) is 0 Å². The number of sulfone groups is 1. The molecule has 1 N–H and O–H groups in total. The van der Waals surface area contributed by atoms with Gasteiger partial charge in [-0.2, -0.15) is 0 Å². The van der Waals surface area contributed by atoms with Crippen molar-refractivity contribution >= 4 is 15.7 Å². The van der Waals surface area contributed by atoms with Crippen LogP contribution in [0.4, 0.5) is 4.39 Å². The van der Waals surface area contributed by atoms with E-state index in [4.69, 9.17) is 4.74 Å². The van der Waals surface area contributed by atoms with Gasteiger partial charge in [0.2, 0.25) is 5.91 Å². The van der Waals surface area contributed by atoms with Crippen LogP contribution in [0.2, 0.25) is 0 Å². The van der Waals surface area contributed by atoms with Crippen LogP contribution in [0.3, 0.4) is 0 Å². The molecule has 2 aromatic carbocycles. The van der Waals surface area contributed by atoms with Gasteiger partial charge >= 0.3 is 0 Å². The lowest BCUT2D eigenvalue weighted by molar-refractivity contribution is -0.917.